The van der Waals surface area contributed by atoms with Crippen LogP contribution in [-0.4, -0.2) is 34.4 Å². The second-order valence-electron chi connectivity index (χ2n) is 5.78. The van der Waals surface area contributed by atoms with Crippen molar-refractivity contribution >= 4 is 33.4 Å². The van der Waals surface area contributed by atoms with Crippen LogP contribution in [0.2, 0.25) is 0 Å². The largest absolute Gasteiger partial charge is 0.366 e. The van der Waals surface area contributed by atoms with E-state index in [0.717, 1.165) is 10.2 Å². The fourth-order valence-corrected chi connectivity index (χ4v) is 2.85. The van der Waals surface area contributed by atoms with Crippen LogP contribution in [0.3, 0.4) is 0 Å². The molecule has 2 rings (SSSR count). The van der Waals surface area contributed by atoms with Crippen molar-refractivity contribution < 1.29 is 9.59 Å². The topological polar surface area (TPSA) is 80.4 Å². The first-order valence-electron chi connectivity index (χ1n) is 7.49. The van der Waals surface area contributed by atoms with Crippen molar-refractivity contribution in [1.29, 1.82) is 0 Å². The van der Waals surface area contributed by atoms with Crippen LogP contribution in [0.1, 0.15) is 23.0 Å². The summed E-state index contributed by atoms with van der Waals surface area (Å²) < 4.78 is 3.04. The number of nitrogens with zero attached hydrogens (tertiary/aromatic N) is 2. The van der Waals surface area contributed by atoms with Gasteiger partial charge < -0.3 is 15.6 Å². The van der Waals surface area contributed by atoms with Crippen molar-refractivity contribution in [2.45, 2.75) is 19.5 Å². The van der Waals surface area contributed by atoms with Gasteiger partial charge >= 0.3 is 0 Å². The fourth-order valence-electron chi connectivity index (χ4n) is 2.28. The van der Waals surface area contributed by atoms with Gasteiger partial charge in [-0.1, -0.05) is 0 Å². The van der Waals surface area contributed by atoms with Crippen molar-refractivity contribution in [2.24, 2.45) is 12.8 Å². The standard InChI is InChI=1S/C17H21BrN4O2/c1-11(21(2)10-15-8-13(18)9-22(15)3)17(24)20-14-6-4-12(5-7-14)16(19)23/h4-9,11H,10H2,1-3H3,(H2,19,23)(H,20,24)/t11-/m0/s1. The number of likely N-dealkylation sites (N-methyl/N-ethyl adjacent to an activating group) is 1. The summed E-state index contributed by atoms with van der Waals surface area (Å²) in [5.74, 6) is -0.604. The summed E-state index contributed by atoms with van der Waals surface area (Å²) in [6.45, 7) is 2.50. The summed E-state index contributed by atoms with van der Waals surface area (Å²) in [7, 11) is 3.88. The molecule has 0 aliphatic carbocycles. The van der Waals surface area contributed by atoms with Crippen LogP contribution in [-0.2, 0) is 18.4 Å². The molecule has 0 aliphatic rings. The zero-order valence-electron chi connectivity index (χ0n) is 13.9. The van der Waals surface area contributed by atoms with Gasteiger partial charge in [0.25, 0.3) is 0 Å². The summed E-state index contributed by atoms with van der Waals surface area (Å²) in [5, 5.41) is 2.85. The number of aromatic nitrogens is 1. The Morgan fingerprint density at radius 3 is 2.46 bits per heavy atom. The molecule has 0 aliphatic heterocycles. The lowest BCUT2D eigenvalue weighted by atomic mass is 10.2. The number of halogens is 1. The Hall–Kier alpha value is -2.12. The molecule has 0 saturated carbocycles. The highest BCUT2D eigenvalue weighted by Crippen LogP contribution is 2.16. The Kier molecular flexibility index (Phi) is 5.80. The van der Waals surface area contributed by atoms with E-state index >= 15 is 0 Å². The SMILES string of the molecule is C[C@@H](C(=O)Nc1ccc(C(N)=O)cc1)N(C)Cc1cc(Br)cn1C. The number of primary amides is 1. The van der Waals surface area contributed by atoms with Gasteiger partial charge in [-0.25, -0.2) is 0 Å². The van der Waals surface area contributed by atoms with E-state index < -0.39 is 5.91 Å². The lowest BCUT2D eigenvalue weighted by Crippen LogP contribution is -2.39. The van der Waals surface area contributed by atoms with E-state index in [4.69, 9.17) is 5.73 Å². The molecule has 128 valence electrons. The lowest BCUT2D eigenvalue weighted by Gasteiger charge is -2.24. The van der Waals surface area contributed by atoms with Gasteiger partial charge in [-0.3, -0.25) is 14.5 Å². The van der Waals surface area contributed by atoms with Crippen molar-refractivity contribution in [2.75, 3.05) is 12.4 Å². The van der Waals surface area contributed by atoms with Gasteiger partial charge in [0.15, 0.2) is 0 Å². The first-order chi connectivity index (χ1) is 11.3. The van der Waals surface area contributed by atoms with E-state index in [0.29, 0.717) is 17.8 Å². The number of anilines is 1. The molecule has 1 aromatic heterocycles. The molecule has 0 saturated heterocycles. The van der Waals surface area contributed by atoms with Crippen molar-refractivity contribution in [3.8, 4) is 0 Å². The zero-order valence-corrected chi connectivity index (χ0v) is 15.5. The predicted molar refractivity (Wildman–Crippen MR) is 97.6 cm³/mol. The van der Waals surface area contributed by atoms with E-state index in [2.05, 4.69) is 21.2 Å². The normalized spacial score (nSPS) is 12.2. The molecule has 1 heterocycles. The van der Waals surface area contributed by atoms with Gasteiger partial charge in [-0.15, -0.1) is 0 Å². The molecule has 24 heavy (non-hydrogen) atoms. The average molecular weight is 393 g/mol. The van der Waals surface area contributed by atoms with Crippen LogP contribution < -0.4 is 11.1 Å². The van der Waals surface area contributed by atoms with Crippen LogP contribution in [0.5, 0.6) is 0 Å². The average Bonchev–Trinajstić information content (AvgIpc) is 2.84. The van der Waals surface area contributed by atoms with Gasteiger partial charge in [-0.2, -0.15) is 0 Å². The molecule has 1 atom stereocenters. The van der Waals surface area contributed by atoms with Gasteiger partial charge in [0.1, 0.15) is 0 Å². The Morgan fingerprint density at radius 2 is 1.96 bits per heavy atom. The Morgan fingerprint density at radius 1 is 1.33 bits per heavy atom. The van der Waals surface area contributed by atoms with Crippen LogP contribution in [0.15, 0.2) is 41.0 Å². The molecular weight excluding hydrogens is 372 g/mol. The third-order valence-electron chi connectivity index (χ3n) is 3.96. The molecule has 0 radical (unpaired) electrons. The third kappa shape index (κ3) is 4.46. The predicted octanol–water partition coefficient (Wildman–Crippen LogP) is 2.35. The fraction of sp³-hybridized carbons (Fsp3) is 0.294. The molecule has 2 aromatic rings. The number of rotatable bonds is 6. The number of carbonyl (C=O) groups is 2. The number of hydrogen-bond acceptors (Lipinski definition) is 3. The van der Waals surface area contributed by atoms with E-state index in [-0.39, 0.29) is 11.9 Å². The molecule has 0 bridgehead atoms. The Balaban J connectivity index is 1.98. The molecule has 7 heteroatoms. The summed E-state index contributed by atoms with van der Waals surface area (Å²) in [6, 6.07) is 8.23. The number of aryl methyl sites for hydroxylation is 1. The monoisotopic (exact) mass is 392 g/mol. The lowest BCUT2D eigenvalue weighted by molar-refractivity contribution is -0.120. The van der Waals surface area contributed by atoms with Gasteiger partial charge in [0.05, 0.1) is 6.04 Å². The Bertz CT molecular complexity index is 740. The number of carbonyl (C=O) groups excluding carboxylic acids is 2. The van der Waals surface area contributed by atoms with Crippen molar-refractivity contribution in [1.82, 2.24) is 9.47 Å². The summed E-state index contributed by atoms with van der Waals surface area (Å²) in [4.78, 5) is 25.4. The quantitative estimate of drug-likeness (QED) is 0.791. The summed E-state index contributed by atoms with van der Waals surface area (Å²) >= 11 is 3.45. The molecule has 0 fully saturated rings. The minimum absolute atomic E-state index is 0.113. The molecule has 2 amide bonds. The highest BCUT2D eigenvalue weighted by atomic mass is 79.9. The van der Waals surface area contributed by atoms with Gasteiger partial charge in [0, 0.05) is 41.2 Å². The molecule has 1 aromatic carbocycles. The van der Waals surface area contributed by atoms with Gasteiger partial charge in [0.2, 0.25) is 11.8 Å². The van der Waals surface area contributed by atoms with Crippen LogP contribution in [0.25, 0.3) is 0 Å². The highest BCUT2D eigenvalue weighted by Gasteiger charge is 2.19. The van der Waals surface area contributed by atoms with E-state index in [1.54, 1.807) is 24.3 Å². The molecule has 0 spiro atoms. The first-order valence-corrected chi connectivity index (χ1v) is 8.29. The third-order valence-corrected chi connectivity index (χ3v) is 4.40. The van der Waals surface area contributed by atoms with Crippen LogP contribution >= 0.6 is 15.9 Å². The number of nitrogens with one attached hydrogen (secondary N) is 1. The molecule has 0 unspecified atom stereocenters. The van der Waals surface area contributed by atoms with Crippen LogP contribution in [0.4, 0.5) is 5.69 Å². The number of amides is 2. The second-order valence-corrected chi connectivity index (χ2v) is 6.70. The summed E-state index contributed by atoms with van der Waals surface area (Å²) in [5.41, 5.74) is 7.35. The van der Waals surface area contributed by atoms with Crippen molar-refractivity contribution in [3.05, 3.63) is 52.3 Å². The summed E-state index contributed by atoms with van der Waals surface area (Å²) in [6.07, 6.45) is 1.98. The highest BCUT2D eigenvalue weighted by molar-refractivity contribution is 9.10. The van der Waals surface area contributed by atoms with E-state index in [1.807, 2.05) is 42.7 Å². The minimum Gasteiger partial charge on any atom is -0.366 e. The number of benzene rings is 1. The second kappa shape index (κ2) is 7.63. The minimum atomic E-state index is -0.491. The molecule has 3 N–H and O–H groups in total. The molecular formula is C17H21BrN4O2. The maximum Gasteiger partial charge on any atom is 0.248 e. The van der Waals surface area contributed by atoms with Crippen LogP contribution in [0, 0.1) is 0 Å². The first kappa shape index (κ1) is 18.2. The van der Waals surface area contributed by atoms with E-state index in [9.17, 15) is 9.59 Å². The van der Waals surface area contributed by atoms with Gasteiger partial charge in [-0.05, 0) is 60.2 Å². The van der Waals surface area contributed by atoms with E-state index in [1.165, 1.54) is 0 Å². The maximum atomic E-state index is 12.4. The smallest absolute Gasteiger partial charge is 0.248 e. The van der Waals surface area contributed by atoms with Crippen molar-refractivity contribution in [3.63, 3.8) is 0 Å². The zero-order chi connectivity index (χ0) is 17.9. The Labute approximate surface area is 149 Å². The maximum absolute atomic E-state index is 12.4. The number of hydrogen-bond donors (Lipinski definition) is 2. The molecule has 6 nitrogen and oxygen atoms in total. The number of nitrogens with two attached hydrogens (primary N) is 1.